The van der Waals surface area contributed by atoms with Gasteiger partial charge < -0.3 is 15.2 Å². The number of nitrogens with zero attached hydrogens (tertiary/aromatic N) is 2. The number of hydrogen-bond acceptors (Lipinski definition) is 5. The van der Waals surface area contributed by atoms with Crippen LogP contribution in [-0.4, -0.2) is 41.7 Å². The highest BCUT2D eigenvalue weighted by Gasteiger charge is 2.37. The third-order valence-corrected chi connectivity index (χ3v) is 3.60. The summed E-state index contributed by atoms with van der Waals surface area (Å²) in [6.07, 6.45) is 0. The van der Waals surface area contributed by atoms with Gasteiger partial charge in [0, 0.05) is 12.1 Å². The fraction of sp³-hybridized carbons (Fsp3) is 0.333. The van der Waals surface area contributed by atoms with Crippen molar-refractivity contribution < 1.29 is 14.2 Å². The first-order valence-electron chi connectivity index (χ1n) is 6.73. The van der Waals surface area contributed by atoms with Crippen LogP contribution in [0.4, 0.5) is 10.2 Å². The van der Waals surface area contributed by atoms with Crippen molar-refractivity contribution in [2.24, 2.45) is 5.41 Å². The first-order chi connectivity index (χ1) is 10.2. The van der Waals surface area contributed by atoms with Crippen LogP contribution in [0.2, 0.25) is 0 Å². The van der Waals surface area contributed by atoms with E-state index >= 15 is 0 Å². The number of rotatable bonds is 5. The van der Waals surface area contributed by atoms with Crippen LogP contribution in [0.5, 0.6) is 0 Å². The van der Waals surface area contributed by atoms with Crippen molar-refractivity contribution in [3.63, 3.8) is 0 Å². The van der Waals surface area contributed by atoms with Crippen molar-refractivity contribution in [1.82, 2.24) is 10.2 Å². The summed E-state index contributed by atoms with van der Waals surface area (Å²) in [5, 5.41) is 20.7. The number of ether oxygens (including phenoxy) is 1. The van der Waals surface area contributed by atoms with E-state index in [0.29, 0.717) is 31.3 Å². The molecule has 1 aliphatic heterocycles. The van der Waals surface area contributed by atoms with E-state index in [2.05, 4.69) is 15.5 Å². The molecule has 1 saturated heterocycles. The molecule has 0 saturated carbocycles. The molecule has 2 aromatic rings. The number of aliphatic hydroxyl groups is 1. The second-order valence-electron chi connectivity index (χ2n) is 5.32. The van der Waals surface area contributed by atoms with Crippen molar-refractivity contribution in [3.8, 4) is 11.3 Å². The topological polar surface area (TPSA) is 67.3 Å². The van der Waals surface area contributed by atoms with Gasteiger partial charge in [0.05, 0.1) is 30.9 Å². The Morgan fingerprint density at radius 3 is 2.43 bits per heavy atom. The minimum Gasteiger partial charge on any atom is -0.396 e. The molecule has 2 N–H and O–H groups in total. The summed E-state index contributed by atoms with van der Waals surface area (Å²) in [5.74, 6) is 0.364. The molecule has 0 amide bonds. The third-order valence-electron chi connectivity index (χ3n) is 3.60. The average molecular weight is 289 g/mol. The van der Waals surface area contributed by atoms with Gasteiger partial charge in [0.25, 0.3) is 0 Å². The largest absolute Gasteiger partial charge is 0.396 e. The van der Waals surface area contributed by atoms with Gasteiger partial charge in [-0.2, -0.15) is 0 Å². The van der Waals surface area contributed by atoms with Gasteiger partial charge >= 0.3 is 0 Å². The zero-order chi connectivity index (χ0) is 14.7. The molecule has 1 aromatic heterocycles. The lowest BCUT2D eigenvalue weighted by molar-refractivity contribution is -0.128. The fourth-order valence-electron chi connectivity index (χ4n) is 2.12. The van der Waals surface area contributed by atoms with E-state index in [9.17, 15) is 9.50 Å². The molecule has 6 heteroatoms. The van der Waals surface area contributed by atoms with Crippen LogP contribution in [0.1, 0.15) is 0 Å². The van der Waals surface area contributed by atoms with Gasteiger partial charge in [-0.15, -0.1) is 10.2 Å². The maximum absolute atomic E-state index is 12.9. The number of aliphatic hydroxyl groups excluding tert-OH is 1. The van der Waals surface area contributed by atoms with Gasteiger partial charge in [-0.1, -0.05) is 0 Å². The Morgan fingerprint density at radius 2 is 1.90 bits per heavy atom. The Labute approximate surface area is 121 Å². The van der Waals surface area contributed by atoms with Gasteiger partial charge in [-0.05, 0) is 36.4 Å². The monoisotopic (exact) mass is 289 g/mol. The molecule has 1 aromatic carbocycles. The first-order valence-corrected chi connectivity index (χ1v) is 6.73. The highest BCUT2D eigenvalue weighted by molar-refractivity contribution is 5.59. The number of aromatic nitrogens is 2. The van der Waals surface area contributed by atoms with Gasteiger partial charge in [0.15, 0.2) is 0 Å². The number of nitrogens with one attached hydrogen (secondary N) is 1. The number of hydrogen-bond donors (Lipinski definition) is 2. The number of halogens is 1. The second kappa shape index (κ2) is 5.75. The molecule has 3 rings (SSSR count). The average Bonchev–Trinajstić information content (AvgIpc) is 2.48. The molecule has 110 valence electrons. The summed E-state index contributed by atoms with van der Waals surface area (Å²) >= 11 is 0. The Morgan fingerprint density at radius 1 is 1.14 bits per heavy atom. The van der Waals surface area contributed by atoms with E-state index in [1.807, 2.05) is 12.1 Å². The first kappa shape index (κ1) is 13.9. The Hall–Kier alpha value is -2.05. The maximum atomic E-state index is 12.9. The fourth-order valence-corrected chi connectivity index (χ4v) is 2.12. The minimum absolute atomic E-state index is 0.0844. The maximum Gasteiger partial charge on any atom is 0.148 e. The van der Waals surface area contributed by atoms with E-state index in [1.165, 1.54) is 12.1 Å². The molecule has 21 heavy (non-hydrogen) atoms. The van der Waals surface area contributed by atoms with Crippen LogP contribution in [0, 0.1) is 11.2 Å². The summed E-state index contributed by atoms with van der Waals surface area (Å²) in [4.78, 5) is 0. The molecule has 0 spiro atoms. The van der Waals surface area contributed by atoms with Crippen LogP contribution in [0.25, 0.3) is 11.3 Å². The van der Waals surface area contributed by atoms with Crippen molar-refractivity contribution in [2.45, 2.75) is 0 Å². The highest BCUT2D eigenvalue weighted by Crippen LogP contribution is 2.27. The van der Waals surface area contributed by atoms with Crippen molar-refractivity contribution in [2.75, 3.05) is 31.7 Å². The normalized spacial score (nSPS) is 16.3. The summed E-state index contributed by atoms with van der Waals surface area (Å²) in [7, 11) is 0. The summed E-state index contributed by atoms with van der Waals surface area (Å²) in [6, 6.07) is 9.76. The smallest absolute Gasteiger partial charge is 0.148 e. The van der Waals surface area contributed by atoms with Crippen molar-refractivity contribution >= 4 is 5.82 Å². The van der Waals surface area contributed by atoms with Crippen LogP contribution in [-0.2, 0) is 4.74 Å². The number of anilines is 1. The molecule has 2 heterocycles. The van der Waals surface area contributed by atoms with E-state index in [-0.39, 0.29) is 17.8 Å². The molecule has 1 aliphatic rings. The molecular weight excluding hydrogens is 273 g/mol. The van der Waals surface area contributed by atoms with E-state index in [4.69, 9.17) is 4.74 Å². The SMILES string of the molecule is OCC1(CNc2ccc(-c3ccc(F)cc3)nn2)COC1. The summed E-state index contributed by atoms with van der Waals surface area (Å²) in [5.41, 5.74) is 1.29. The lowest BCUT2D eigenvalue weighted by Gasteiger charge is -2.39. The second-order valence-corrected chi connectivity index (χ2v) is 5.32. The van der Waals surface area contributed by atoms with Crippen LogP contribution in [0.3, 0.4) is 0 Å². The molecule has 0 aliphatic carbocycles. The minimum atomic E-state index is -0.276. The zero-order valence-corrected chi connectivity index (χ0v) is 11.4. The predicted molar refractivity (Wildman–Crippen MR) is 76.3 cm³/mol. The number of benzene rings is 1. The van der Waals surface area contributed by atoms with Crippen molar-refractivity contribution in [3.05, 3.63) is 42.2 Å². The van der Waals surface area contributed by atoms with E-state index in [0.717, 1.165) is 5.56 Å². The molecular formula is C15H16FN3O2. The molecule has 0 unspecified atom stereocenters. The summed E-state index contributed by atoms with van der Waals surface area (Å²) < 4.78 is 18.0. The molecule has 5 nitrogen and oxygen atoms in total. The lowest BCUT2D eigenvalue weighted by Crippen LogP contribution is -2.50. The molecule has 0 radical (unpaired) electrons. The molecule has 0 atom stereocenters. The van der Waals surface area contributed by atoms with Crippen molar-refractivity contribution in [1.29, 1.82) is 0 Å². The lowest BCUT2D eigenvalue weighted by atomic mass is 9.87. The molecule has 0 bridgehead atoms. The van der Waals surface area contributed by atoms with E-state index in [1.54, 1.807) is 12.1 Å². The Bertz CT molecular complexity index is 592. The van der Waals surface area contributed by atoms with Crippen LogP contribution >= 0.6 is 0 Å². The predicted octanol–water partition coefficient (Wildman–Crippen LogP) is 1.70. The van der Waals surface area contributed by atoms with E-state index < -0.39 is 0 Å². The quantitative estimate of drug-likeness (QED) is 0.877. The van der Waals surface area contributed by atoms with Crippen LogP contribution in [0.15, 0.2) is 36.4 Å². The highest BCUT2D eigenvalue weighted by atomic mass is 19.1. The zero-order valence-electron chi connectivity index (χ0n) is 11.4. The third kappa shape index (κ3) is 3.01. The Balaban J connectivity index is 1.65. The summed E-state index contributed by atoms with van der Waals surface area (Å²) in [6.45, 7) is 1.78. The molecule has 1 fully saturated rings. The van der Waals surface area contributed by atoms with Gasteiger partial charge in [-0.3, -0.25) is 0 Å². The standard InChI is InChI=1S/C15H16FN3O2/c16-12-3-1-11(2-4-12)13-5-6-14(19-18-13)17-7-15(8-20)9-21-10-15/h1-6,20H,7-10H2,(H,17,19). The van der Waals surface area contributed by atoms with Gasteiger partial charge in [0.2, 0.25) is 0 Å². The van der Waals surface area contributed by atoms with Crippen LogP contribution < -0.4 is 5.32 Å². The Kier molecular flexibility index (Phi) is 3.81. The van der Waals surface area contributed by atoms with Gasteiger partial charge in [0.1, 0.15) is 11.6 Å². The van der Waals surface area contributed by atoms with Gasteiger partial charge in [-0.25, -0.2) is 4.39 Å².